The summed E-state index contributed by atoms with van der Waals surface area (Å²) < 4.78 is 5.41. The molecule has 0 saturated heterocycles. The van der Waals surface area contributed by atoms with E-state index in [0.717, 1.165) is 11.1 Å². The van der Waals surface area contributed by atoms with Gasteiger partial charge in [0.25, 0.3) is 0 Å². The third-order valence-corrected chi connectivity index (χ3v) is 3.56. The van der Waals surface area contributed by atoms with Crippen molar-refractivity contribution in [3.63, 3.8) is 0 Å². The normalized spacial score (nSPS) is 12.7. The van der Waals surface area contributed by atoms with Crippen molar-refractivity contribution in [2.24, 2.45) is 11.8 Å². The Morgan fingerprint density at radius 1 is 1.26 bits per heavy atom. The first-order valence-electron chi connectivity index (χ1n) is 8.06. The highest BCUT2D eigenvalue weighted by Crippen LogP contribution is 2.24. The SMILES string of the molecule is Cc1cccc(-c2noc(C(NC(=O)CC(C)C)C(C)C)n2)c1. The predicted molar refractivity (Wildman–Crippen MR) is 89.6 cm³/mol. The summed E-state index contributed by atoms with van der Waals surface area (Å²) >= 11 is 0. The fourth-order valence-corrected chi connectivity index (χ4v) is 2.38. The van der Waals surface area contributed by atoms with Gasteiger partial charge >= 0.3 is 0 Å². The minimum atomic E-state index is -0.271. The number of benzene rings is 1. The van der Waals surface area contributed by atoms with Crippen LogP contribution in [-0.2, 0) is 4.79 Å². The van der Waals surface area contributed by atoms with E-state index in [1.807, 2.05) is 58.9 Å². The Kier molecular flexibility index (Phi) is 5.53. The Bertz CT molecular complexity index is 662. The lowest BCUT2D eigenvalue weighted by molar-refractivity contribution is -0.123. The van der Waals surface area contributed by atoms with Crippen molar-refractivity contribution in [1.29, 1.82) is 0 Å². The van der Waals surface area contributed by atoms with Crippen LogP contribution in [0.1, 0.15) is 51.6 Å². The molecule has 1 amide bonds. The summed E-state index contributed by atoms with van der Waals surface area (Å²) in [6.07, 6.45) is 0.488. The van der Waals surface area contributed by atoms with Crippen molar-refractivity contribution in [1.82, 2.24) is 15.5 Å². The third-order valence-electron chi connectivity index (χ3n) is 3.56. The lowest BCUT2D eigenvalue weighted by atomic mass is 10.0. The van der Waals surface area contributed by atoms with Gasteiger partial charge in [-0.1, -0.05) is 56.6 Å². The van der Waals surface area contributed by atoms with Gasteiger partial charge in [-0.05, 0) is 24.8 Å². The third kappa shape index (κ3) is 4.65. The first-order valence-corrected chi connectivity index (χ1v) is 8.06. The van der Waals surface area contributed by atoms with Crippen molar-refractivity contribution in [2.45, 2.75) is 47.1 Å². The molecule has 0 aliphatic heterocycles. The summed E-state index contributed by atoms with van der Waals surface area (Å²) in [7, 11) is 0. The van der Waals surface area contributed by atoms with Gasteiger partial charge in [-0.25, -0.2) is 0 Å². The fourth-order valence-electron chi connectivity index (χ4n) is 2.38. The van der Waals surface area contributed by atoms with Crippen LogP contribution in [0, 0.1) is 18.8 Å². The van der Waals surface area contributed by atoms with Crippen molar-refractivity contribution in [2.75, 3.05) is 0 Å². The summed E-state index contributed by atoms with van der Waals surface area (Å²) in [6.45, 7) is 10.1. The zero-order chi connectivity index (χ0) is 17.0. The Labute approximate surface area is 137 Å². The number of hydrogen-bond acceptors (Lipinski definition) is 4. The zero-order valence-corrected chi connectivity index (χ0v) is 14.5. The van der Waals surface area contributed by atoms with Crippen molar-refractivity contribution in [3.05, 3.63) is 35.7 Å². The first kappa shape index (κ1) is 17.2. The number of nitrogens with one attached hydrogen (secondary N) is 1. The van der Waals surface area contributed by atoms with Gasteiger partial charge in [0.2, 0.25) is 17.6 Å². The standard InChI is InChI=1S/C18H25N3O2/c1-11(2)9-15(22)19-16(12(3)4)18-20-17(21-23-18)14-8-6-7-13(5)10-14/h6-8,10-12,16H,9H2,1-5H3,(H,19,22). The van der Waals surface area contributed by atoms with Crippen LogP contribution in [0.4, 0.5) is 0 Å². The molecule has 0 aliphatic rings. The topological polar surface area (TPSA) is 68.0 Å². The van der Waals surface area contributed by atoms with Crippen LogP contribution in [0.3, 0.4) is 0 Å². The second kappa shape index (κ2) is 7.40. The highest BCUT2D eigenvalue weighted by atomic mass is 16.5. The Morgan fingerprint density at radius 2 is 2.00 bits per heavy atom. The molecule has 2 rings (SSSR count). The molecule has 0 bridgehead atoms. The van der Waals surface area contributed by atoms with Gasteiger partial charge in [0.1, 0.15) is 6.04 Å². The van der Waals surface area contributed by atoms with Crippen LogP contribution >= 0.6 is 0 Å². The molecule has 1 aromatic carbocycles. The molecule has 2 aromatic rings. The van der Waals surface area contributed by atoms with Crippen molar-refractivity contribution >= 4 is 5.91 Å². The van der Waals surface area contributed by atoms with E-state index in [4.69, 9.17) is 4.52 Å². The van der Waals surface area contributed by atoms with E-state index in [-0.39, 0.29) is 17.9 Å². The molecule has 1 heterocycles. The van der Waals surface area contributed by atoms with Crippen LogP contribution < -0.4 is 5.32 Å². The number of nitrogens with zero attached hydrogens (tertiary/aromatic N) is 2. The largest absolute Gasteiger partial charge is 0.344 e. The number of aromatic nitrogens is 2. The van der Waals surface area contributed by atoms with E-state index >= 15 is 0 Å². The average molecular weight is 315 g/mol. The zero-order valence-electron chi connectivity index (χ0n) is 14.5. The monoisotopic (exact) mass is 315 g/mol. The van der Waals surface area contributed by atoms with Gasteiger partial charge in [0.05, 0.1) is 0 Å². The molecule has 1 atom stereocenters. The lowest BCUT2D eigenvalue weighted by Crippen LogP contribution is -2.32. The molecule has 0 radical (unpaired) electrons. The summed E-state index contributed by atoms with van der Waals surface area (Å²) in [5.41, 5.74) is 2.05. The molecule has 0 saturated carbocycles. The van der Waals surface area contributed by atoms with E-state index in [9.17, 15) is 4.79 Å². The van der Waals surface area contributed by atoms with Gasteiger partial charge in [-0.3, -0.25) is 4.79 Å². The van der Waals surface area contributed by atoms with Gasteiger partial charge < -0.3 is 9.84 Å². The van der Waals surface area contributed by atoms with E-state index in [2.05, 4.69) is 15.5 Å². The molecule has 1 N–H and O–H groups in total. The number of amides is 1. The number of carbonyl (C=O) groups excluding carboxylic acids is 1. The maximum Gasteiger partial charge on any atom is 0.249 e. The summed E-state index contributed by atoms with van der Waals surface area (Å²) in [5.74, 6) is 1.49. The minimum absolute atomic E-state index is 0.00834. The fraction of sp³-hybridized carbons (Fsp3) is 0.500. The van der Waals surface area contributed by atoms with Gasteiger partial charge in [-0.2, -0.15) is 4.98 Å². The maximum atomic E-state index is 12.1. The van der Waals surface area contributed by atoms with E-state index in [1.165, 1.54) is 0 Å². The van der Waals surface area contributed by atoms with E-state index < -0.39 is 0 Å². The second-order valence-corrected chi connectivity index (χ2v) is 6.71. The summed E-state index contributed by atoms with van der Waals surface area (Å²) in [6, 6.07) is 7.67. The van der Waals surface area contributed by atoms with Crippen molar-refractivity contribution < 1.29 is 9.32 Å². The Balaban J connectivity index is 2.19. The molecule has 5 heteroatoms. The van der Waals surface area contributed by atoms with Gasteiger partial charge in [-0.15, -0.1) is 0 Å². The highest BCUT2D eigenvalue weighted by molar-refractivity contribution is 5.76. The number of carbonyl (C=O) groups is 1. The molecule has 0 spiro atoms. The molecule has 0 aliphatic carbocycles. The minimum Gasteiger partial charge on any atom is -0.344 e. The molecular weight excluding hydrogens is 290 g/mol. The summed E-state index contributed by atoms with van der Waals surface area (Å²) in [5, 5.41) is 7.07. The van der Waals surface area contributed by atoms with Crippen LogP contribution in [0.2, 0.25) is 0 Å². The molecule has 124 valence electrons. The van der Waals surface area contributed by atoms with E-state index in [0.29, 0.717) is 24.1 Å². The van der Waals surface area contributed by atoms with Crippen LogP contribution in [-0.4, -0.2) is 16.0 Å². The van der Waals surface area contributed by atoms with E-state index in [1.54, 1.807) is 0 Å². The molecule has 5 nitrogen and oxygen atoms in total. The molecule has 0 fully saturated rings. The Hall–Kier alpha value is -2.17. The quantitative estimate of drug-likeness (QED) is 0.877. The predicted octanol–water partition coefficient (Wildman–Crippen LogP) is 3.90. The lowest BCUT2D eigenvalue weighted by Gasteiger charge is -2.19. The number of rotatable bonds is 6. The van der Waals surface area contributed by atoms with Crippen LogP contribution in [0.15, 0.2) is 28.8 Å². The average Bonchev–Trinajstić information content (AvgIpc) is 2.93. The van der Waals surface area contributed by atoms with Crippen LogP contribution in [0.5, 0.6) is 0 Å². The highest BCUT2D eigenvalue weighted by Gasteiger charge is 2.25. The first-order chi connectivity index (χ1) is 10.9. The molecule has 1 aromatic heterocycles. The number of aryl methyl sites for hydroxylation is 1. The van der Waals surface area contributed by atoms with Gasteiger partial charge in [0.15, 0.2) is 0 Å². The molecular formula is C18H25N3O2. The van der Waals surface area contributed by atoms with Gasteiger partial charge in [0, 0.05) is 12.0 Å². The maximum absolute atomic E-state index is 12.1. The van der Waals surface area contributed by atoms with Crippen molar-refractivity contribution in [3.8, 4) is 11.4 Å². The molecule has 1 unspecified atom stereocenters. The smallest absolute Gasteiger partial charge is 0.249 e. The number of hydrogen-bond donors (Lipinski definition) is 1. The molecule has 23 heavy (non-hydrogen) atoms. The summed E-state index contributed by atoms with van der Waals surface area (Å²) in [4.78, 5) is 16.5. The Morgan fingerprint density at radius 3 is 2.61 bits per heavy atom. The second-order valence-electron chi connectivity index (χ2n) is 6.71. The van der Waals surface area contributed by atoms with Crippen LogP contribution in [0.25, 0.3) is 11.4 Å².